The number of amides is 1. The predicted molar refractivity (Wildman–Crippen MR) is 130 cm³/mol. The molecule has 0 aliphatic rings. The van der Waals surface area contributed by atoms with Crippen LogP contribution in [0.15, 0.2) is 64.2 Å². The molecule has 0 saturated carbocycles. The fourth-order valence-corrected chi connectivity index (χ4v) is 3.44. The number of rotatable bonds is 8. The predicted octanol–water partition coefficient (Wildman–Crippen LogP) is 6.02. The molecule has 0 aliphatic heterocycles. The first-order valence-electron chi connectivity index (χ1n) is 9.30. The van der Waals surface area contributed by atoms with E-state index in [1.165, 1.54) is 37.6 Å². The summed E-state index contributed by atoms with van der Waals surface area (Å²) in [4.78, 5) is 22.5. The van der Waals surface area contributed by atoms with Crippen molar-refractivity contribution < 1.29 is 19.2 Å². The Morgan fingerprint density at radius 1 is 1.15 bits per heavy atom. The van der Waals surface area contributed by atoms with E-state index < -0.39 is 10.8 Å². The summed E-state index contributed by atoms with van der Waals surface area (Å²) in [5, 5.41) is 15.7. The maximum absolute atomic E-state index is 12.2. The Morgan fingerprint density at radius 3 is 2.64 bits per heavy atom. The zero-order valence-corrected chi connectivity index (χ0v) is 20.1. The summed E-state index contributed by atoms with van der Waals surface area (Å²) in [6.45, 7) is 0.242. The lowest BCUT2D eigenvalue weighted by Crippen LogP contribution is -2.17. The van der Waals surface area contributed by atoms with Crippen molar-refractivity contribution in [2.75, 3.05) is 7.11 Å². The number of carbonyl (C=O) groups excluding carboxylic acids is 1. The lowest BCUT2D eigenvalue weighted by Gasteiger charge is -2.13. The number of hydrazone groups is 1. The Labute approximate surface area is 207 Å². The molecule has 0 aromatic heterocycles. The molecule has 3 aromatic rings. The highest BCUT2D eigenvalue weighted by molar-refractivity contribution is 9.10. The molecule has 170 valence electrons. The summed E-state index contributed by atoms with van der Waals surface area (Å²) in [6.07, 6.45) is 1.41. The van der Waals surface area contributed by atoms with Gasteiger partial charge in [0, 0.05) is 27.7 Å². The molecule has 0 saturated heterocycles. The molecule has 11 heteroatoms. The second-order valence-electron chi connectivity index (χ2n) is 6.57. The van der Waals surface area contributed by atoms with Gasteiger partial charge in [0.05, 0.1) is 28.3 Å². The van der Waals surface area contributed by atoms with E-state index in [0.29, 0.717) is 31.6 Å². The van der Waals surface area contributed by atoms with Crippen LogP contribution in [-0.2, 0) is 6.61 Å². The Balaban J connectivity index is 1.70. The number of hydrogen-bond donors (Lipinski definition) is 1. The van der Waals surface area contributed by atoms with Gasteiger partial charge in [-0.1, -0.05) is 35.3 Å². The zero-order valence-electron chi connectivity index (χ0n) is 17.1. The third-order valence-electron chi connectivity index (χ3n) is 4.35. The van der Waals surface area contributed by atoms with E-state index in [9.17, 15) is 14.9 Å². The molecule has 0 aliphatic carbocycles. The van der Waals surface area contributed by atoms with Crippen LogP contribution in [0.25, 0.3) is 0 Å². The summed E-state index contributed by atoms with van der Waals surface area (Å²) >= 11 is 15.4. The molecule has 8 nitrogen and oxygen atoms in total. The monoisotopic (exact) mass is 551 g/mol. The third kappa shape index (κ3) is 6.44. The van der Waals surface area contributed by atoms with Crippen molar-refractivity contribution in [3.63, 3.8) is 0 Å². The number of benzene rings is 3. The summed E-state index contributed by atoms with van der Waals surface area (Å²) in [7, 11) is 1.50. The highest BCUT2D eigenvalue weighted by Crippen LogP contribution is 2.34. The van der Waals surface area contributed by atoms with Gasteiger partial charge in [-0.15, -0.1) is 0 Å². The Hall–Kier alpha value is -3.14. The Kier molecular flexibility index (Phi) is 8.26. The van der Waals surface area contributed by atoms with Crippen LogP contribution in [0.4, 0.5) is 5.69 Å². The van der Waals surface area contributed by atoms with E-state index in [1.54, 1.807) is 30.3 Å². The quantitative estimate of drug-likeness (QED) is 0.209. The fourth-order valence-electron chi connectivity index (χ4n) is 2.70. The topological polar surface area (TPSA) is 103 Å². The number of non-ortho nitro benzene ring substituents is 1. The van der Waals surface area contributed by atoms with Gasteiger partial charge in [0.25, 0.3) is 11.6 Å². The Bertz CT molecular complexity index is 1240. The molecule has 1 amide bonds. The highest BCUT2D eigenvalue weighted by Gasteiger charge is 2.12. The van der Waals surface area contributed by atoms with Crippen LogP contribution >= 0.6 is 39.1 Å². The van der Waals surface area contributed by atoms with Gasteiger partial charge in [0.1, 0.15) is 6.61 Å². The second kappa shape index (κ2) is 11.1. The van der Waals surface area contributed by atoms with E-state index in [-0.39, 0.29) is 17.9 Å². The fraction of sp³-hybridized carbons (Fsp3) is 0.0909. The number of nitro groups is 1. The average Bonchev–Trinajstić information content (AvgIpc) is 2.80. The summed E-state index contributed by atoms with van der Waals surface area (Å²) < 4.78 is 11.9. The van der Waals surface area contributed by atoms with Crippen molar-refractivity contribution >= 4 is 56.9 Å². The van der Waals surface area contributed by atoms with Crippen LogP contribution in [0, 0.1) is 10.1 Å². The first kappa shape index (κ1) is 24.5. The Morgan fingerprint density at radius 2 is 1.94 bits per heavy atom. The van der Waals surface area contributed by atoms with Crippen molar-refractivity contribution in [2.24, 2.45) is 5.10 Å². The van der Waals surface area contributed by atoms with Gasteiger partial charge in [0.15, 0.2) is 11.5 Å². The molecule has 0 bridgehead atoms. The number of halogens is 3. The number of nitrogens with zero attached hydrogens (tertiary/aromatic N) is 2. The minimum atomic E-state index is -0.584. The lowest BCUT2D eigenvalue weighted by atomic mass is 10.2. The lowest BCUT2D eigenvalue weighted by molar-refractivity contribution is -0.384. The van der Waals surface area contributed by atoms with Crippen LogP contribution in [0.2, 0.25) is 10.0 Å². The number of methoxy groups -OCH3 is 1. The van der Waals surface area contributed by atoms with Gasteiger partial charge in [-0.3, -0.25) is 14.9 Å². The molecule has 0 atom stereocenters. The van der Waals surface area contributed by atoms with Gasteiger partial charge in [-0.25, -0.2) is 5.43 Å². The standard InChI is InChI=1S/C22H16BrCl2N3O5/c1-32-20-9-15(11-26-27-22(29)14-3-2-4-16(8-14)28(30)31)17(23)10-21(20)33-12-13-5-6-18(24)19(25)7-13/h2-11H,12H2,1H3,(H,27,29)/b26-11+. The molecule has 3 aromatic carbocycles. The van der Waals surface area contributed by atoms with E-state index in [1.807, 2.05) is 0 Å². The second-order valence-corrected chi connectivity index (χ2v) is 8.24. The van der Waals surface area contributed by atoms with Gasteiger partial charge in [-0.05, 0) is 51.8 Å². The van der Waals surface area contributed by atoms with Crippen LogP contribution in [0.3, 0.4) is 0 Å². The number of nitrogens with one attached hydrogen (secondary N) is 1. The normalized spacial score (nSPS) is 10.8. The van der Waals surface area contributed by atoms with Crippen molar-refractivity contribution in [2.45, 2.75) is 6.61 Å². The molecule has 33 heavy (non-hydrogen) atoms. The van der Waals surface area contributed by atoms with Crippen LogP contribution in [0.1, 0.15) is 21.5 Å². The number of carbonyl (C=O) groups is 1. The third-order valence-corrected chi connectivity index (χ3v) is 5.78. The van der Waals surface area contributed by atoms with Crippen LogP contribution in [0.5, 0.6) is 11.5 Å². The van der Waals surface area contributed by atoms with Gasteiger partial charge in [0.2, 0.25) is 0 Å². The molecular formula is C22H16BrCl2N3O5. The van der Waals surface area contributed by atoms with Gasteiger partial charge in [-0.2, -0.15) is 5.10 Å². The molecule has 0 fully saturated rings. The minimum Gasteiger partial charge on any atom is -0.493 e. The van der Waals surface area contributed by atoms with Gasteiger partial charge >= 0.3 is 0 Å². The van der Waals surface area contributed by atoms with Gasteiger partial charge < -0.3 is 9.47 Å². The van der Waals surface area contributed by atoms with Crippen molar-refractivity contribution in [1.29, 1.82) is 0 Å². The molecule has 1 N–H and O–H groups in total. The SMILES string of the molecule is COc1cc(/C=N/NC(=O)c2cccc([N+](=O)[O-])c2)c(Br)cc1OCc1ccc(Cl)c(Cl)c1. The number of nitro benzene ring substituents is 1. The van der Waals surface area contributed by atoms with E-state index >= 15 is 0 Å². The van der Waals surface area contributed by atoms with Crippen molar-refractivity contribution in [3.05, 3.63) is 95.9 Å². The molecule has 3 rings (SSSR count). The average molecular weight is 553 g/mol. The highest BCUT2D eigenvalue weighted by atomic mass is 79.9. The van der Waals surface area contributed by atoms with Crippen LogP contribution < -0.4 is 14.9 Å². The summed E-state index contributed by atoms with van der Waals surface area (Å²) in [5.41, 5.74) is 3.71. The maximum atomic E-state index is 12.2. The first-order chi connectivity index (χ1) is 15.8. The smallest absolute Gasteiger partial charge is 0.271 e. The van der Waals surface area contributed by atoms with E-state index in [0.717, 1.165) is 5.56 Å². The molecule has 0 radical (unpaired) electrons. The summed E-state index contributed by atoms with van der Waals surface area (Å²) in [6, 6.07) is 14.0. The maximum Gasteiger partial charge on any atom is 0.271 e. The zero-order chi connectivity index (χ0) is 24.0. The minimum absolute atomic E-state index is 0.115. The molecule has 0 unspecified atom stereocenters. The molecule has 0 spiro atoms. The molecular weight excluding hydrogens is 537 g/mol. The van der Waals surface area contributed by atoms with Crippen molar-refractivity contribution in [1.82, 2.24) is 5.43 Å². The van der Waals surface area contributed by atoms with E-state index in [4.69, 9.17) is 32.7 Å². The number of hydrogen-bond acceptors (Lipinski definition) is 6. The number of ether oxygens (including phenoxy) is 2. The van der Waals surface area contributed by atoms with Crippen LogP contribution in [-0.4, -0.2) is 24.2 Å². The van der Waals surface area contributed by atoms with Crippen molar-refractivity contribution in [3.8, 4) is 11.5 Å². The largest absolute Gasteiger partial charge is 0.493 e. The molecule has 0 heterocycles. The van der Waals surface area contributed by atoms with E-state index in [2.05, 4.69) is 26.5 Å². The first-order valence-corrected chi connectivity index (χ1v) is 10.9. The summed E-state index contributed by atoms with van der Waals surface area (Å²) in [5.74, 6) is 0.345.